The molecule has 1 aromatic carbocycles. The van der Waals surface area contributed by atoms with Gasteiger partial charge in [-0.05, 0) is 43.6 Å². The molecule has 0 unspecified atom stereocenters. The van der Waals surface area contributed by atoms with E-state index in [1.807, 2.05) is 12.1 Å². The lowest BCUT2D eigenvalue weighted by molar-refractivity contribution is 0.331. The third-order valence-corrected chi connectivity index (χ3v) is 3.58. The van der Waals surface area contributed by atoms with E-state index < -0.39 is 0 Å². The normalized spacial score (nSPS) is 18.6. The zero-order chi connectivity index (χ0) is 14.7. The van der Waals surface area contributed by atoms with Crippen molar-refractivity contribution in [3.05, 3.63) is 29.8 Å². The highest BCUT2D eigenvalue weighted by Crippen LogP contribution is 2.16. The van der Waals surface area contributed by atoms with E-state index in [-0.39, 0.29) is 11.7 Å². The molecule has 0 aromatic heterocycles. The van der Waals surface area contributed by atoms with E-state index in [0.717, 1.165) is 12.2 Å². The fourth-order valence-corrected chi connectivity index (χ4v) is 2.51. The molecule has 5 N–H and O–H groups in total. The Morgan fingerprint density at radius 3 is 2.57 bits per heavy atom. The van der Waals surface area contributed by atoms with E-state index in [0.29, 0.717) is 5.71 Å². The molecule has 2 aliphatic heterocycles. The van der Waals surface area contributed by atoms with E-state index in [2.05, 4.69) is 37.8 Å². The molecular formula is C14H19N7. The third kappa shape index (κ3) is 3.19. The van der Waals surface area contributed by atoms with Crippen LogP contribution in [-0.2, 0) is 6.54 Å². The van der Waals surface area contributed by atoms with Crippen molar-refractivity contribution in [1.29, 1.82) is 0 Å². The maximum Gasteiger partial charge on any atom is 0.177 e. The molecule has 1 saturated heterocycles. The number of nitrogens with zero attached hydrogens (tertiary/aromatic N) is 4. The number of hydrogen-bond donors (Lipinski definition) is 3. The molecule has 0 amide bonds. The van der Waals surface area contributed by atoms with Crippen LogP contribution in [0.2, 0.25) is 0 Å². The number of amidine groups is 2. The van der Waals surface area contributed by atoms with Crippen LogP contribution in [0.1, 0.15) is 18.4 Å². The molecule has 110 valence electrons. The van der Waals surface area contributed by atoms with Crippen LogP contribution in [-0.4, -0.2) is 35.4 Å². The van der Waals surface area contributed by atoms with Gasteiger partial charge in [-0.25, -0.2) is 0 Å². The molecular weight excluding hydrogens is 266 g/mol. The molecule has 21 heavy (non-hydrogen) atoms. The number of anilines is 1. The number of nitrogens with one attached hydrogen (secondary N) is 1. The molecule has 1 fully saturated rings. The largest absolute Gasteiger partial charge is 0.380 e. The van der Waals surface area contributed by atoms with Crippen molar-refractivity contribution in [2.75, 3.05) is 18.5 Å². The summed E-state index contributed by atoms with van der Waals surface area (Å²) in [6.07, 6.45) is 2.59. The molecule has 0 radical (unpaired) electrons. The van der Waals surface area contributed by atoms with Crippen molar-refractivity contribution in [2.45, 2.75) is 19.4 Å². The summed E-state index contributed by atoms with van der Waals surface area (Å²) < 4.78 is 0. The van der Waals surface area contributed by atoms with Crippen molar-refractivity contribution >= 4 is 23.1 Å². The maximum absolute atomic E-state index is 5.65. The van der Waals surface area contributed by atoms with Crippen LogP contribution in [0.25, 0.3) is 0 Å². The predicted octanol–water partition coefficient (Wildman–Crippen LogP) is 0.693. The summed E-state index contributed by atoms with van der Waals surface area (Å²) in [7, 11) is 0. The van der Waals surface area contributed by atoms with Gasteiger partial charge in [-0.1, -0.05) is 12.1 Å². The highest BCUT2D eigenvalue weighted by Gasteiger charge is 2.16. The molecule has 7 nitrogen and oxygen atoms in total. The lowest BCUT2D eigenvalue weighted by Crippen LogP contribution is -2.32. The van der Waals surface area contributed by atoms with Gasteiger partial charge in [0.15, 0.2) is 17.4 Å². The summed E-state index contributed by atoms with van der Waals surface area (Å²) in [6, 6.07) is 8.17. The van der Waals surface area contributed by atoms with Gasteiger partial charge in [0.05, 0.1) is 5.69 Å². The van der Waals surface area contributed by atoms with Crippen LogP contribution in [0.5, 0.6) is 0 Å². The second-order valence-corrected chi connectivity index (χ2v) is 5.23. The van der Waals surface area contributed by atoms with Crippen LogP contribution in [0.3, 0.4) is 0 Å². The van der Waals surface area contributed by atoms with Crippen molar-refractivity contribution in [2.24, 2.45) is 26.8 Å². The highest BCUT2D eigenvalue weighted by atomic mass is 15.4. The first-order valence-electron chi connectivity index (χ1n) is 7.05. The van der Waals surface area contributed by atoms with Crippen LogP contribution in [0.15, 0.2) is 39.6 Å². The van der Waals surface area contributed by atoms with E-state index >= 15 is 0 Å². The van der Waals surface area contributed by atoms with Crippen molar-refractivity contribution in [3.8, 4) is 0 Å². The monoisotopic (exact) mass is 285 g/mol. The standard InChI is InChI=1S/C14H19N7/c15-13-12(14(16)20-19-13)18-17-11-5-3-4-10(8-11)9-21-6-1-2-7-21/h3-5,8,17H,1-2,6-7,9H2,(H4,15,16,18,19,20). The fraction of sp³-hybridized carbons (Fsp3) is 0.357. The summed E-state index contributed by atoms with van der Waals surface area (Å²) in [5, 5.41) is 11.5. The molecule has 3 rings (SSSR count). The quantitative estimate of drug-likeness (QED) is 0.708. The summed E-state index contributed by atoms with van der Waals surface area (Å²) >= 11 is 0. The lowest BCUT2D eigenvalue weighted by atomic mass is 10.2. The van der Waals surface area contributed by atoms with Gasteiger partial charge in [0.1, 0.15) is 0 Å². The number of likely N-dealkylation sites (tertiary alicyclic amines) is 1. The van der Waals surface area contributed by atoms with Gasteiger partial charge >= 0.3 is 0 Å². The van der Waals surface area contributed by atoms with Crippen LogP contribution >= 0.6 is 0 Å². The van der Waals surface area contributed by atoms with Gasteiger partial charge in [0.25, 0.3) is 0 Å². The summed E-state index contributed by atoms with van der Waals surface area (Å²) in [4.78, 5) is 2.46. The molecule has 0 saturated carbocycles. The zero-order valence-electron chi connectivity index (χ0n) is 11.8. The van der Waals surface area contributed by atoms with Crippen molar-refractivity contribution in [3.63, 3.8) is 0 Å². The predicted molar refractivity (Wildman–Crippen MR) is 85.3 cm³/mol. The lowest BCUT2D eigenvalue weighted by Gasteiger charge is -2.15. The van der Waals surface area contributed by atoms with Crippen LogP contribution in [0, 0.1) is 0 Å². The Hall–Kier alpha value is -2.41. The second kappa shape index (κ2) is 5.92. The molecule has 0 spiro atoms. The Morgan fingerprint density at radius 1 is 1.14 bits per heavy atom. The Morgan fingerprint density at radius 2 is 1.86 bits per heavy atom. The zero-order valence-corrected chi connectivity index (χ0v) is 11.8. The number of hydrogen-bond acceptors (Lipinski definition) is 7. The summed E-state index contributed by atoms with van der Waals surface area (Å²) in [6.45, 7) is 3.33. The SMILES string of the molecule is NC1=NN=C(N)C1=NNc1cccc(CN2CCCC2)c1. The minimum Gasteiger partial charge on any atom is -0.380 e. The van der Waals surface area contributed by atoms with Gasteiger partial charge in [-0.15, -0.1) is 10.2 Å². The fourth-order valence-electron chi connectivity index (χ4n) is 2.51. The van der Waals surface area contributed by atoms with Gasteiger partial charge in [0.2, 0.25) is 0 Å². The second-order valence-electron chi connectivity index (χ2n) is 5.23. The third-order valence-electron chi connectivity index (χ3n) is 3.58. The maximum atomic E-state index is 5.65. The molecule has 0 bridgehead atoms. The molecule has 2 aliphatic rings. The first-order chi connectivity index (χ1) is 10.2. The molecule has 1 aromatic rings. The number of nitrogens with two attached hydrogens (primary N) is 2. The van der Waals surface area contributed by atoms with Crippen LogP contribution in [0.4, 0.5) is 5.69 Å². The topological polar surface area (TPSA) is 104 Å². The molecule has 0 atom stereocenters. The average molecular weight is 285 g/mol. The van der Waals surface area contributed by atoms with E-state index in [9.17, 15) is 0 Å². The Labute approximate surface area is 123 Å². The van der Waals surface area contributed by atoms with Gasteiger partial charge < -0.3 is 11.5 Å². The van der Waals surface area contributed by atoms with Crippen molar-refractivity contribution in [1.82, 2.24) is 4.90 Å². The summed E-state index contributed by atoms with van der Waals surface area (Å²) in [5.74, 6) is 0.460. The van der Waals surface area contributed by atoms with Crippen LogP contribution < -0.4 is 16.9 Å². The number of hydrazone groups is 1. The smallest absolute Gasteiger partial charge is 0.177 e. The van der Waals surface area contributed by atoms with Gasteiger partial charge in [-0.3, -0.25) is 10.3 Å². The van der Waals surface area contributed by atoms with E-state index in [1.54, 1.807) is 0 Å². The van der Waals surface area contributed by atoms with Crippen molar-refractivity contribution < 1.29 is 0 Å². The first-order valence-corrected chi connectivity index (χ1v) is 7.05. The Bertz CT molecular complexity index is 592. The summed E-state index contributed by atoms with van der Waals surface area (Å²) in [5.41, 5.74) is 16.8. The number of rotatable bonds is 4. The average Bonchev–Trinajstić information content (AvgIpc) is 3.09. The van der Waals surface area contributed by atoms with E-state index in [1.165, 1.54) is 31.5 Å². The molecule has 0 aliphatic carbocycles. The van der Waals surface area contributed by atoms with E-state index in [4.69, 9.17) is 11.5 Å². The minimum absolute atomic E-state index is 0.230. The van der Waals surface area contributed by atoms with Gasteiger partial charge in [0, 0.05) is 6.54 Å². The first kappa shape index (κ1) is 13.6. The van der Waals surface area contributed by atoms with Gasteiger partial charge in [-0.2, -0.15) is 5.10 Å². The Kier molecular flexibility index (Phi) is 3.83. The number of benzene rings is 1. The highest BCUT2D eigenvalue weighted by molar-refractivity contribution is 6.68. The minimum atomic E-state index is 0.230. The Balaban J connectivity index is 1.67. The molecule has 7 heteroatoms. The molecule has 2 heterocycles.